The van der Waals surface area contributed by atoms with Gasteiger partial charge in [0.25, 0.3) is 0 Å². The molecule has 7 nitrogen and oxygen atoms in total. The molecule has 2 heterocycles. The molecular weight excluding hydrogens is 340 g/mol. The zero-order chi connectivity index (χ0) is 18.1. The molecule has 2 N–H and O–H groups in total. The summed E-state index contributed by atoms with van der Waals surface area (Å²) in [5.74, 6) is -0.0502. The number of sulfonamides is 1. The zero-order valence-corrected chi connectivity index (χ0v) is 15.1. The van der Waals surface area contributed by atoms with Gasteiger partial charge in [-0.2, -0.15) is 0 Å². The Bertz CT molecular complexity index is 873. The monoisotopic (exact) mass is 362 g/mol. The molecule has 0 bridgehead atoms. The van der Waals surface area contributed by atoms with Crippen LogP contribution in [0, 0.1) is 0 Å². The minimum absolute atomic E-state index is 0.0502. The fraction of sp³-hybridized carbons (Fsp3) is 0.412. The largest absolute Gasteiger partial charge is 0.337 e. The van der Waals surface area contributed by atoms with Crippen LogP contribution < -0.4 is 10.0 Å². The predicted molar refractivity (Wildman–Crippen MR) is 94.7 cm³/mol. The first-order chi connectivity index (χ1) is 11.8. The molecule has 0 saturated heterocycles. The van der Waals surface area contributed by atoms with Crippen LogP contribution in [0.3, 0.4) is 0 Å². The number of aryl methyl sites for hydroxylation is 1. The lowest BCUT2D eigenvalue weighted by Gasteiger charge is -2.32. The van der Waals surface area contributed by atoms with Gasteiger partial charge in [-0.05, 0) is 30.2 Å². The van der Waals surface area contributed by atoms with E-state index in [0.29, 0.717) is 31.6 Å². The van der Waals surface area contributed by atoms with Crippen molar-refractivity contribution < 1.29 is 13.2 Å². The van der Waals surface area contributed by atoms with Gasteiger partial charge in [-0.25, -0.2) is 18.1 Å². The van der Waals surface area contributed by atoms with Gasteiger partial charge in [0.05, 0.1) is 11.2 Å². The van der Waals surface area contributed by atoms with E-state index < -0.39 is 15.4 Å². The van der Waals surface area contributed by atoms with Crippen LogP contribution in [-0.2, 0) is 26.8 Å². The van der Waals surface area contributed by atoms with Crippen molar-refractivity contribution in [1.29, 1.82) is 0 Å². The molecule has 0 atom stereocenters. The maximum Gasteiger partial charge on any atom is 0.240 e. The van der Waals surface area contributed by atoms with Crippen LogP contribution >= 0.6 is 0 Å². The SMILES string of the molecule is CC1(C)CC(=O)Nc2ccc(S(=O)(=O)NCCCn3ccnc3)cc21. The number of nitrogens with one attached hydrogen (secondary N) is 2. The fourth-order valence-corrected chi connectivity index (χ4v) is 4.12. The number of aromatic nitrogens is 2. The van der Waals surface area contributed by atoms with Gasteiger partial charge >= 0.3 is 0 Å². The van der Waals surface area contributed by atoms with Crippen molar-refractivity contribution >= 4 is 21.6 Å². The van der Waals surface area contributed by atoms with Gasteiger partial charge in [-0.1, -0.05) is 13.8 Å². The van der Waals surface area contributed by atoms with E-state index in [-0.39, 0.29) is 10.8 Å². The van der Waals surface area contributed by atoms with Crippen molar-refractivity contribution in [3.05, 3.63) is 42.5 Å². The molecule has 134 valence electrons. The molecule has 0 unspecified atom stereocenters. The Morgan fingerprint density at radius 3 is 2.88 bits per heavy atom. The zero-order valence-electron chi connectivity index (χ0n) is 14.3. The van der Waals surface area contributed by atoms with Crippen molar-refractivity contribution in [2.45, 2.75) is 43.5 Å². The first-order valence-electron chi connectivity index (χ1n) is 8.18. The minimum atomic E-state index is -3.59. The van der Waals surface area contributed by atoms with Gasteiger partial charge in [0.15, 0.2) is 0 Å². The van der Waals surface area contributed by atoms with Crippen LogP contribution in [-0.4, -0.2) is 30.4 Å². The summed E-state index contributed by atoms with van der Waals surface area (Å²) < 4.78 is 29.6. The minimum Gasteiger partial charge on any atom is -0.337 e. The van der Waals surface area contributed by atoms with Crippen molar-refractivity contribution in [2.24, 2.45) is 0 Å². The molecule has 0 saturated carbocycles. The first kappa shape index (κ1) is 17.6. The van der Waals surface area contributed by atoms with Gasteiger partial charge in [0.1, 0.15) is 0 Å². The number of nitrogens with zero attached hydrogens (tertiary/aromatic N) is 2. The molecule has 0 radical (unpaired) electrons. The van der Waals surface area contributed by atoms with Crippen LogP contribution in [0.2, 0.25) is 0 Å². The summed E-state index contributed by atoms with van der Waals surface area (Å²) in [6.45, 7) is 4.93. The normalized spacial score (nSPS) is 16.3. The summed E-state index contributed by atoms with van der Waals surface area (Å²) in [4.78, 5) is 15.9. The number of hydrogen-bond acceptors (Lipinski definition) is 4. The third-order valence-corrected chi connectivity index (χ3v) is 5.81. The van der Waals surface area contributed by atoms with E-state index in [1.54, 1.807) is 24.7 Å². The molecule has 1 amide bonds. The highest BCUT2D eigenvalue weighted by Crippen LogP contribution is 2.38. The lowest BCUT2D eigenvalue weighted by atomic mass is 9.78. The maximum atomic E-state index is 12.5. The van der Waals surface area contributed by atoms with Crippen LogP contribution in [0.1, 0.15) is 32.3 Å². The molecule has 25 heavy (non-hydrogen) atoms. The van der Waals surface area contributed by atoms with E-state index in [4.69, 9.17) is 0 Å². The Kier molecular flexibility index (Phi) is 4.66. The van der Waals surface area contributed by atoms with E-state index in [1.165, 1.54) is 6.07 Å². The van der Waals surface area contributed by atoms with Crippen molar-refractivity contribution in [1.82, 2.24) is 14.3 Å². The number of carbonyl (C=O) groups is 1. The number of benzene rings is 1. The maximum absolute atomic E-state index is 12.5. The van der Waals surface area contributed by atoms with Gasteiger partial charge in [-0.3, -0.25) is 4.79 Å². The number of amides is 1. The molecule has 0 aliphatic carbocycles. The number of imidazole rings is 1. The van der Waals surface area contributed by atoms with E-state index in [1.807, 2.05) is 24.6 Å². The summed E-state index contributed by atoms with van der Waals surface area (Å²) >= 11 is 0. The average Bonchev–Trinajstić information content (AvgIpc) is 3.03. The number of anilines is 1. The fourth-order valence-electron chi connectivity index (χ4n) is 3.02. The van der Waals surface area contributed by atoms with Crippen LogP contribution in [0.25, 0.3) is 0 Å². The molecule has 2 aromatic rings. The van der Waals surface area contributed by atoms with Gasteiger partial charge in [0.2, 0.25) is 15.9 Å². The van der Waals surface area contributed by atoms with Gasteiger partial charge in [0, 0.05) is 43.0 Å². The molecule has 1 aliphatic rings. The van der Waals surface area contributed by atoms with Crippen LogP contribution in [0.5, 0.6) is 0 Å². The van der Waals surface area contributed by atoms with Crippen LogP contribution in [0.15, 0.2) is 41.8 Å². The Hall–Kier alpha value is -2.19. The second kappa shape index (κ2) is 6.61. The Morgan fingerprint density at radius 2 is 2.16 bits per heavy atom. The molecule has 0 fully saturated rings. The summed E-state index contributed by atoms with van der Waals surface area (Å²) in [5, 5.41) is 2.80. The summed E-state index contributed by atoms with van der Waals surface area (Å²) in [5.41, 5.74) is 1.12. The Morgan fingerprint density at radius 1 is 1.36 bits per heavy atom. The third kappa shape index (κ3) is 3.91. The average molecular weight is 362 g/mol. The standard InChI is InChI=1S/C17H22N4O3S/c1-17(2)11-16(22)20-15-5-4-13(10-14(15)17)25(23,24)19-6-3-8-21-9-7-18-12-21/h4-5,7,9-10,12,19H,3,6,8,11H2,1-2H3,(H,20,22). The molecule has 1 aromatic heterocycles. The van der Waals surface area contributed by atoms with Crippen molar-refractivity contribution in [3.63, 3.8) is 0 Å². The lowest BCUT2D eigenvalue weighted by Crippen LogP contribution is -2.33. The summed E-state index contributed by atoms with van der Waals surface area (Å²) in [7, 11) is -3.59. The molecular formula is C17H22N4O3S. The highest BCUT2D eigenvalue weighted by atomic mass is 32.2. The van der Waals surface area contributed by atoms with Crippen molar-refractivity contribution in [2.75, 3.05) is 11.9 Å². The topological polar surface area (TPSA) is 93.1 Å². The number of carbonyl (C=O) groups excluding carboxylic acids is 1. The quantitative estimate of drug-likeness (QED) is 0.767. The second-order valence-corrected chi connectivity index (χ2v) is 8.64. The van der Waals surface area contributed by atoms with Crippen LogP contribution in [0.4, 0.5) is 5.69 Å². The Balaban J connectivity index is 1.71. The number of hydrogen-bond donors (Lipinski definition) is 2. The Labute approximate surface area is 147 Å². The lowest BCUT2D eigenvalue weighted by molar-refractivity contribution is -0.117. The number of fused-ring (bicyclic) bond motifs is 1. The van der Waals surface area contributed by atoms with Gasteiger partial charge in [-0.15, -0.1) is 0 Å². The summed E-state index contributed by atoms with van der Waals surface area (Å²) in [6, 6.07) is 4.85. The molecule has 8 heteroatoms. The second-order valence-electron chi connectivity index (χ2n) is 6.87. The predicted octanol–water partition coefficient (Wildman–Crippen LogP) is 1.87. The molecule has 1 aliphatic heterocycles. The highest BCUT2D eigenvalue weighted by molar-refractivity contribution is 7.89. The van der Waals surface area contributed by atoms with E-state index >= 15 is 0 Å². The smallest absolute Gasteiger partial charge is 0.240 e. The molecule has 3 rings (SSSR count). The first-order valence-corrected chi connectivity index (χ1v) is 9.66. The third-order valence-electron chi connectivity index (χ3n) is 4.35. The van der Waals surface area contributed by atoms with E-state index in [2.05, 4.69) is 15.0 Å². The molecule has 1 aromatic carbocycles. The highest BCUT2D eigenvalue weighted by Gasteiger charge is 2.33. The van der Waals surface area contributed by atoms with Gasteiger partial charge < -0.3 is 9.88 Å². The molecule has 0 spiro atoms. The summed E-state index contributed by atoms with van der Waals surface area (Å²) in [6.07, 6.45) is 6.24. The van der Waals surface area contributed by atoms with E-state index in [9.17, 15) is 13.2 Å². The van der Waals surface area contributed by atoms with Crippen molar-refractivity contribution in [3.8, 4) is 0 Å². The van der Waals surface area contributed by atoms with E-state index in [0.717, 1.165) is 5.56 Å². The number of rotatable bonds is 6.